The number of amides is 2. The monoisotopic (exact) mass is 376 g/mol. The molecule has 4 N–H and O–H groups in total. The van der Waals surface area contributed by atoms with E-state index in [1.54, 1.807) is 9.80 Å². The third-order valence-electron chi connectivity index (χ3n) is 5.01. The van der Waals surface area contributed by atoms with E-state index in [9.17, 15) is 13.6 Å². The van der Waals surface area contributed by atoms with Crippen LogP contribution in [0.2, 0.25) is 0 Å². The van der Waals surface area contributed by atoms with E-state index in [0.29, 0.717) is 5.69 Å². The Morgan fingerprint density at radius 3 is 2.30 bits per heavy atom. The van der Waals surface area contributed by atoms with Crippen LogP contribution in [0.5, 0.6) is 0 Å². The summed E-state index contributed by atoms with van der Waals surface area (Å²) in [5.41, 5.74) is 1.62. The molecule has 0 saturated carbocycles. The average Bonchev–Trinajstić information content (AvgIpc) is 2.67. The average molecular weight is 376 g/mol. The van der Waals surface area contributed by atoms with Crippen molar-refractivity contribution in [1.29, 1.82) is 0 Å². The summed E-state index contributed by atoms with van der Waals surface area (Å²) in [6, 6.07) is 9.94. The molecule has 1 aliphatic heterocycles. The molecule has 0 bridgehead atoms. The van der Waals surface area contributed by atoms with Gasteiger partial charge in [-0.25, -0.2) is 13.6 Å². The second kappa shape index (κ2) is 8.92. The van der Waals surface area contributed by atoms with E-state index in [4.69, 9.17) is 0 Å². The van der Waals surface area contributed by atoms with Crippen LogP contribution >= 0.6 is 0 Å². The highest BCUT2D eigenvalue weighted by Crippen LogP contribution is 2.16. The Morgan fingerprint density at radius 1 is 0.963 bits per heavy atom. The molecule has 0 radical (unpaired) electrons. The summed E-state index contributed by atoms with van der Waals surface area (Å²) in [5.74, 6) is -1.30. The van der Waals surface area contributed by atoms with Crippen LogP contribution in [0.1, 0.15) is 12.5 Å². The molecule has 2 aromatic rings. The highest BCUT2D eigenvalue weighted by atomic mass is 19.1. The zero-order valence-electron chi connectivity index (χ0n) is 15.4. The molecule has 1 heterocycles. The van der Waals surface area contributed by atoms with Crippen LogP contribution in [0.4, 0.5) is 25.0 Å². The van der Waals surface area contributed by atoms with Crippen LogP contribution < -0.4 is 20.4 Å². The number of urea groups is 1. The van der Waals surface area contributed by atoms with Crippen molar-refractivity contribution in [3.8, 4) is 0 Å². The normalized spacial score (nSPS) is 19.5. The van der Waals surface area contributed by atoms with Crippen molar-refractivity contribution < 1.29 is 23.4 Å². The number of carbonyl (C=O) groups excluding carboxylic acids is 1. The van der Waals surface area contributed by atoms with E-state index in [-0.39, 0.29) is 5.69 Å². The van der Waals surface area contributed by atoms with Gasteiger partial charge in [-0.1, -0.05) is 12.1 Å². The number of anilines is 2. The fourth-order valence-electron chi connectivity index (χ4n) is 3.36. The van der Waals surface area contributed by atoms with Gasteiger partial charge in [0.25, 0.3) is 0 Å². The molecule has 1 fully saturated rings. The molecule has 1 aliphatic rings. The number of nitrogens with one attached hydrogen (secondary N) is 4. The summed E-state index contributed by atoms with van der Waals surface area (Å²) in [7, 11) is 0. The second-order valence-corrected chi connectivity index (χ2v) is 6.93. The molecule has 0 unspecified atom stereocenters. The Bertz CT molecular complexity index is 774. The zero-order valence-corrected chi connectivity index (χ0v) is 15.4. The molecular formula is C20H26F2N4O+2. The summed E-state index contributed by atoms with van der Waals surface area (Å²) in [6.07, 6.45) is 0. The minimum atomic E-state index is -0.685. The molecule has 3 rings (SSSR count). The minimum Gasteiger partial charge on any atom is -0.326 e. The first-order valence-electron chi connectivity index (χ1n) is 9.32. The van der Waals surface area contributed by atoms with Crippen molar-refractivity contribution in [2.45, 2.75) is 13.5 Å². The summed E-state index contributed by atoms with van der Waals surface area (Å²) in [6.45, 7) is 9.15. The van der Waals surface area contributed by atoms with Gasteiger partial charge in [-0.2, -0.15) is 0 Å². The minimum absolute atomic E-state index is 0.193. The Hall–Kier alpha value is -2.51. The SMILES string of the molecule is CC[NH+]1CC[NH+](Cc2ccc(NC(=O)Nc3cc(F)ccc3F)cc2)CC1. The lowest BCUT2D eigenvalue weighted by atomic mass is 10.2. The van der Waals surface area contributed by atoms with Crippen molar-refractivity contribution in [3.05, 3.63) is 59.7 Å². The number of likely N-dealkylation sites (N-methyl/N-ethyl adjacent to an activating group) is 1. The maximum Gasteiger partial charge on any atom is 0.323 e. The van der Waals surface area contributed by atoms with Crippen molar-refractivity contribution in [3.63, 3.8) is 0 Å². The molecule has 27 heavy (non-hydrogen) atoms. The van der Waals surface area contributed by atoms with E-state index < -0.39 is 17.7 Å². The van der Waals surface area contributed by atoms with Crippen LogP contribution in [0.15, 0.2) is 42.5 Å². The van der Waals surface area contributed by atoms with Crippen LogP contribution in [0.3, 0.4) is 0 Å². The lowest BCUT2D eigenvalue weighted by Gasteiger charge is -2.29. The highest BCUT2D eigenvalue weighted by Gasteiger charge is 2.21. The van der Waals surface area contributed by atoms with Gasteiger partial charge in [0.05, 0.1) is 12.2 Å². The second-order valence-electron chi connectivity index (χ2n) is 6.93. The van der Waals surface area contributed by atoms with Crippen LogP contribution in [0.25, 0.3) is 0 Å². The number of halogens is 2. The first-order chi connectivity index (χ1) is 13.0. The Kier molecular flexibility index (Phi) is 6.36. The Morgan fingerprint density at radius 2 is 1.63 bits per heavy atom. The number of hydrogen-bond donors (Lipinski definition) is 4. The first kappa shape index (κ1) is 19.3. The zero-order chi connectivity index (χ0) is 19.2. The molecule has 0 aromatic heterocycles. The fourth-order valence-corrected chi connectivity index (χ4v) is 3.36. The molecule has 144 valence electrons. The van der Waals surface area contributed by atoms with E-state index in [0.717, 1.165) is 24.7 Å². The molecule has 2 amide bonds. The number of benzene rings is 2. The third-order valence-corrected chi connectivity index (χ3v) is 5.01. The third kappa shape index (κ3) is 5.48. The van der Waals surface area contributed by atoms with Gasteiger partial charge in [-0.15, -0.1) is 0 Å². The van der Waals surface area contributed by atoms with E-state index in [2.05, 4.69) is 17.6 Å². The maximum atomic E-state index is 13.6. The number of hydrogen-bond acceptors (Lipinski definition) is 1. The van der Waals surface area contributed by atoms with Gasteiger partial charge in [0.2, 0.25) is 0 Å². The Labute approximate surface area is 158 Å². The van der Waals surface area contributed by atoms with E-state index >= 15 is 0 Å². The largest absolute Gasteiger partial charge is 0.326 e. The molecule has 7 heteroatoms. The van der Waals surface area contributed by atoms with Crippen molar-refractivity contribution in [2.24, 2.45) is 0 Å². The molecule has 2 aromatic carbocycles. The van der Waals surface area contributed by atoms with Gasteiger partial charge in [0, 0.05) is 17.3 Å². The topological polar surface area (TPSA) is 50.0 Å². The van der Waals surface area contributed by atoms with Gasteiger partial charge in [-0.3, -0.25) is 0 Å². The predicted molar refractivity (Wildman–Crippen MR) is 101 cm³/mol. The first-order valence-corrected chi connectivity index (χ1v) is 9.32. The highest BCUT2D eigenvalue weighted by molar-refractivity contribution is 5.99. The number of carbonyl (C=O) groups is 1. The van der Waals surface area contributed by atoms with Crippen LogP contribution in [-0.2, 0) is 6.54 Å². The van der Waals surface area contributed by atoms with Gasteiger partial charge < -0.3 is 20.4 Å². The standard InChI is InChI=1S/C20H24F2N4O/c1-2-25-9-11-26(12-10-25)14-15-3-6-17(7-4-15)23-20(27)24-19-13-16(21)5-8-18(19)22/h3-8,13H,2,9-12,14H2,1H3,(H2,23,24,27)/p+2. The summed E-state index contributed by atoms with van der Waals surface area (Å²) < 4.78 is 26.7. The number of rotatable bonds is 5. The molecule has 0 aliphatic carbocycles. The molecule has 1 saturated heterocycles. The van der Waals surface area contributed by atoms with Crippen LogP contribution in [0, 0.1) is 11.6 Å². The van der Waals surface area contributed by atoms with Gasteiger partial charge in [-0.05, 0) is 31.2 Å². The number of quaternary nitrogens is 2. The smallest absolute Gasteiger partial charge is 0.323 e. The van der Waals surface area contributed by atoms with E-state index in [1.165, 1.54) is 38.3 Å². The maximum absolute atomic E-state index is 13.6. The molecule has 0 atom stereocenters. The Balaban J connectivity index is 1.51. The van der Waals surface area contributed by atoms with Crippen molar-refractivity contribution in [2.75, 3.05) is 43.4 Å². The summed E-state index contributed by atoms with van der Waals surface area (Å²) in [4.78, 5) is 15.2. The van der Waals surface area contributed by atoms with Gasteiger partial charge >= 0.3 is 6.03 Å². The van der Waals surface area contributed by atoms with Crippen LogP contribution in [-0.4, -0.2) is 38.8 Å². The number of piperazine rings is 1. The molecule has 5 nitrogen and oxygen atoms in total. The van der Waals surface area contributed by atoms with Crippen molar-refractivity contribution >= 4 is 17.4 Å². The summed E-state index contributed by atoms with van der Waals surface area (Å²) in [5, 5.41) is 4.95. The van der Waals surface area contributed by atoms with Gasteiger partial charge in [0.1, 0.15) is 44.4 Å². The lowest BCUT2D eigenvalue weighted by Crippen LogP contribution is -3.27. The fraction of sp³-hybridized carbons (Fsp3) is 0.350. The van der Waals surface area contributed by atoms with Gasteiger partial charge in [0.15, 0.2) is 0 Å². The van der Waals surface area contributed by atoms with E-state index in [1.807, 2.05) is 24.3 Å². The molecule has 0 spiro atoms. The summed E-state index contributed by atoms with van der Waals surface area (Å²) >= 11 is 0. The lowest BCUT2D eigenvalue weighted by molar-refractivity contribution is -1.02. The van der Waals surface area contributed by atoms with Crippen molar-refractivity contribution in [1.82, 2.24) is 0 Å². The quantitative estimate of drug-likeness (QED) is 0.616. The molecular weight excluding hydrogens is 350 g/mol. The predicted octanol–water partition coefficient (Wildman–Crippen LogP) is 0.912.